The van der Waals surface area contributed by atoms with Crippen LogP contribution >= 0.6 is 35.0 Å². The Kier molecular flexibility index (Phi) is 4.99. The fraction of sp³-hybridized carbons (Fsp3) is 0.188. The molecule has 7 heteroatoms. The van der Waals surface area contributed by atoms with Gasteiger partial charge in [0.2, 0.25) is 0 Å². The van der Waals surface area contributed by atoms with Crippen LogP contribution in [-0.2, 0) is 0 Å². The lowest BCUT2D eigenvalue weighted by Crippen LogP contribution is -2.34. The smallest absolute Gasteiger partial charge is 0.308 e. The molecule has 0 aliphatic carbocycles. The first kappa shape index (κ1) is 16.4. The molecule has 1 N–H and O–H groups in total. The summed E-state index contributed by atoms with van der Waals surface area (Å²) >= 11 is 13.4. The molecule has 3 nitrogen and oxygen atoms in total. The van der Waals surface area contributed by atoms with Crippen molar-refractivity contribution < 1.29 is 9.18 Å². The molecule has 0 spiro atoms. The van der Waals surface area contributed by atoms with Crippen LogP contribution < -0.4 is 5.32 Å². The number of rotatable bonds is 2. The van der Waals surface area contributed by atoms with Gasteiger partial charge in [0.05, 0.1) is 10.0 Å². The Balaban J connectivity index is 1.76. The number of carbonyl (C=O) groups excluding carboxylic acids is 1. The highest BCUT2D eigenvalue weighted by Crippen LogP contribution is 2.38. The third kappa shape index (κ3) is 3.74. The van der Waals surface area contributed by atoms with Crippen LogP contribution in [0.5, 0.6) is 0 Å². The number of carbonyl (C=O) groups is 1. The van der Waals surface area contributed by atoms with E-state index < -0.39 is 0 Å². The molecule has 2 aromatic rings. The Bertz CT molecular complexity index is 744. The number of amides is 2. The van der Waals surface area contributed by atoms with Gasteiger partial charge in [-0.05, 0) is 35.9 Å². The van der Waals surface area contributed by atoms with Crippen LogP contribution in [0, 0.1) is 5.82 Å². The maximum Gasteiger partial charge on any atom is 0.323 e. The van der Waals surface area contributed by atoms with Crippen molar-refractivity contribution in [1.82, 2.24) is 4.90 Å². The van der Waals surface area contributed by atoms with Crippen molar-refractivity contribution in [2.75, 3.05) is 17.6 Å². The highest BCUT2D eigenvalue weighted by atomic mass is 35.5. The third-order valence-electron chi connectivity index (χ3n) is 3.46. The maximum atomic E-state index is 13.4. The van der Waals surface area contributed by atoms with Gasteiger partial charge in [-0.1, -0.05) is 35.3 Å². The predicted molar refractivity (Wildman–Crippen MR) is 93.8 cm³/mol. The molecule has 23 heavy (non-hydrogen) atoms. The standard InChI is InChI=1S/C16H13Cl2FN2OS/c17-13-5-4-12(9-14(13)18)20-16(22)21-6-7-23-15(21)10-2-1-3-11(19)8-10/h1-5,8-9,15H,6-7H2,(H,20,22). The van der Waals surface area contributed by atoms with Crippen LogP contribution in [0.25, 0.3) is 0 Å². The average molecular weight is 371 g/mol. The normalized spacial score (nSPS) is 17.3. The summed E-state index contributed by atoms with van der Waals surface area (Å²) in [6, 6.07) is 11.0. The van der Waals surface area contributed by atoms with Gasteiger partial charge in [-0.25, -0.2) is 9.18 Å². The lowest BCUT2D eigenvalue weighted by molar-refractivity contribution is 0.214. The van der Waals surface area contributed by atoms with E-state index in [0.29, 0.717) is 22.3 Å². The minimum absolute atomic E-state index is 0.200. The van der Waals surface area contributed by atoms with Crippen molar-refractivity contribution >= 4 is 46.7 Å². The van der Waals surface area contributed by atoms with Gasteiger partial charge in [-0.3, -0.25) is 0 Å². The first-order valence-corrected chi connectivity index (χ1v) is 8.75. The summed E-state index contributed by atoms with van der Waals surface area (Å²) in [7, 11) is 0. The van der Waals surface area contributed by atoms with E-state index >= 15 is 0 Å². The molecule has 0 aromatic heterocycles. The van der Waals surface area contributed by atoms with Gasteiger partial charge in [0.15, 0.2) is 0 Å². The molecule has 2 amide bonds. The van der Waals surface area contributed by atoms with Crippen LogP contribution in [0.15, 0.2) is 42.5 Å². The van der Waals surface area contributed by atoms with E-state index in [1.165, 1.54) is 12.1 Å². The average Bonchev–Trinajstić information content (AvgIpc) is 3.00. The van der Waals surface area contributed by atoms with E-state index in [1.54, 1.807) is 40.9 Å². The molecule has 1 saturated heterocycles. The fourth-order valence-corrected chi connectivity index (χ4v) is 3.93. The Hall–Kier alpha value is -1.43. The highest BCUT2D eigenvalue weighted by molar-refractivity contribution is 7.99. The monoisotopic (exact) mass is 370 g/mol. The minimum Gasteiger partial charge on any atom is -0.308 e. The van der Waals surface area contributed by atoms with Gasteiger partial charge in [0.25, 0.3) is 0 Å². The molecule has 0 radical (unpaired) electrons. The van der Waals surface area contributed by atoms with Crippen LogP contribution in [0.3, 0.4) is 0 Å². The van der Waals surface area contributed by atoms with Gasteiger partial charge in [0, 0.05) is 18.0 Å². The quantitative estimate of drug-likeness (QED) is 0.765. The lowest BCUT2D eigenvalue weighted by atomic mass is 10.2. The number of anilines is 1. The molecule has 3 rings (SSSR count). The Labute approximate surface area is 147 Å². The molecule has 0 saturated carbocycles. The number of benzene rings is 2. The summed E-state index contributed by atoms with van der Waals surface area (Å²) in [6.07, 6.45) is 0. The summed E-state index contributed by atoms with van der Waals surface area (Å²) < 4.78 is 13.4. The van der Waals surface area contributed by atoms with Crippen LogP contribution in [-0.4, -0.2) is 23.2 Å². The highest BCUT2D eigenvalue weighted by Gasteiger charge is 2.31. The van der Waals surface area contributed by atoms with E-state index in [2.05, 4.69) is 5.32 Å². The second-order valence-corrected chi connectivity index (χ2v) is 7.03. The Morgan fingerprint density at radius 2 is 2.04 bits per heavy atom. The zero-order chi connectivity index (χ0) is 16.4. The SMILES string of the molecule is O=C(Nc1ccc(Cl)c(Cl)c1)N1CCSC1c1cccc(F)c1. The van der Waals surface area contributed by atoms with Gasteiger partial charge in [-0.15, -0.1) is 11.8 Å². The van der Waals surface area contributed by atoms with E-state index in [-0.39, 0.29) is 17.2 Å². The molecular weight excluding hydrogens is 358 g/mol. The molecule has 1 aliphatic rings. The first-order valence-electron chi connectivity index (χ1n) is 6.94. The molecular formula is C16H13Cl2FN2OS. The number of halogens is 3. The van der Waals surface area contributed by atoms with Gasteiger partial charge >= 0.3 is 6.03 Å². The van der Waals surface area contributed by atoms with Gasteiger partial charge in [0.1, 0.15) is 11.2 Å². The van der Waals surface area contributed by atoms with Crippen molar-refractivity contribution in [3.8, 4) is 0 Å². The number of nitrogens with one attached hydrogen (secondary N) is 1. The zero-order valence-corrected chi connectivity index (χ0v) is 14.3. The summed E-state index contributed by atoms with van der Waals surface area (Å²) in [6.45, 7) is 0.596. The number of hydrogen-bond donors (Lipinski definition) is 1. The topological polar surface area (TPSA) is 32.3 Å². The maximum absolute atomic E-state index is 13.4. The van der Waals surface area contributed by atoms with E-state index in [4.69, 9.17) is 23.2 Å². The second kappa shape index (κ2) is 6.99. The van der Waals surface area contributed by atoms with E-state index in [0.717, 1.165) is 11.3 Å². The number of thioether (sulfide) groups is 1. The molecule has 1 unspecified atom stereocenters. The van der Waals surface area contributed by atoms with Crippen LogP contribution in [0.4, 0.5) is 14.9 Å². The summed E-state index contributed by atoms with van der Waals surface area (Å²) in [5, 5.41) is 3.41. The van der Waals surface area contributed by atoms with E-state index in [9.17, 15) is 9.18 Å². The number of hydrogen-bond acceptors (Lipinski definition) is 2. The van der Waals surface area contributed by atoms with E-state index in [1.807, 2.05) is 6.07 Å². The van der Waals surface area contributed by atoms with Crippen molar-refractivity contribution in [2.24, 2.45) is 0 Å². The molecule has 1 aliphatic heterocycles. The zero-order valence-electron chi connectivity index (χ0n) is 11.9. The Morgan fingerprint density at radius 1 is 1.22 bits per heavy atom. The van der Waals surface area contributed by atoms with Crippen molar-refractivity contribution in [3.05, 3.63) is 63.9 Å². The third-order valence-corrected chi connectivity index (χ3v) is 5.46. The minimum atomic E-state index is -0.306. The van der Waals surface area contributed by atoms with Crippen LogP contribution in [0.1, 0.15) is 10.9 Å². The van der Waals surface area contributed by atoms with Crippen molar-refractivity contribution in [3.63, 3.8) is 0 Å². The van der Waals surface area contributed by atoms with Crippen molar-refractivity contribution in [1.29, 1.82) is 0 Å². The predicted octanol–water partition coefficient (Wildman–Crippen LogP) is 5.41. The summed E-state index contributed by atoms with van der Waals surface area (Å²) in [5.74, 6) is 0.496. The largest absolute Gasteiger partial charge is 0.323 e. The fourth-order valence-electron chi connectivity index (χ4n) is 2.38. The Morgan fingerprint density at radius 3 is 2.78 bits per heavy atom. The molecule has 0 bridgehead atoms. The molecule has 2 aromatic carbocycles. The summed E-state index contributed by atoms with van der Waals surface area (Å²) in [5.41, 5.74) is 1.34. The number of urea groups is 1. The van der Waals surface area contributed by atoms with Gasteiger partial charge < -0.3 is 10.2 Å². The van der Waals surface area contributed by atoms with Gasteiger partial charge in [-0.2, -0.15) is 0 Å². The molecule has 120 valence electrons. The second-order valence-electron chi connectivity index (χ2n) is 5.03. The van der Waals surface area contributed by atoms with Crippen molar-refractivity contribution in [2.45, 2.75) is 5.37 Å². The lowest BCUT2D eigenvalue weighted by Gasteiger charge is -2.24. The molecule has 1 fully saturated rings. The number of nitrogens with zero attached hydrogens (tertiary/aromatic N) is 1. The summed E-state index contributed by atoms with van der Waals surface area (Å²) in [4.78, 5) is 14.2. The first-order chi connectivity index (χ1) is 11.0. The molecule has 1 atom stereocenters. The van der Waals surface area contributed by atoms with Crippen LogP contribution in [0.2, 0.25) is 10.0 Å². The molecule has 1 heterocycles.